The highest BCUT2D eigenvalue weighted by Gasteiger charge is 2.33. The summed E-state index contributed by atoms with van der Waals surface area (Å²) in [5.41, 5.74) is 2.54. The summed E-state index contributed by atoms with van der Waals surface area (Å²) in [6.45, 7) is 5.76. The lowest BCUT2D eigenvalue weighted by molar-refractivity contribution is 0.0913. The molecule has 0 aliphatic carbocycles. The van der Waals surface area contributed by atoms with Crippen LogP contribution in [0.25, 0.3) is 0 Å². The highest BCUT2D eigenvalue weighted by atomic mass is 79.9. The van der Waals surface area contributed by atoms with Gasteiger partial charge in [0.15, 0.2) is 4.60 Å². The van der Waals surface area contributed by atoms with E-state index in [4.69, 9.17) is 0 Å². The van der Waals surface area contributed by atoms with Crippen LogP contribution in [0, 0.1) is 13.8 Å². The standard InChI is InChI=1S/C13H16BrN3O/c1-8-5-6-9(2)10(7-8)13(3,18)11-12(14)15-16-17(11)4/h5-7,18H,1-4H3. The van der Waals surface area contributed by atoms with Crippen LogP contribution in [-0.4, -0.2) is 20.1 Å². The first-order chi connectivity index (χ1) is 8.34. The molecule has 1 N–H and O–H groups in total. The number of halogens is 1. The van der Waals surface area contributed by atoms with E-state index in [9.17, 15) is 5.11 Å². The molecule has 0 bridgehead atoms. The van der Waals surface area contributed by atoms with Crippen LogP contribution in [0.3, 0.4) is 0 Å². The molecule has 0 fully saturated rings. The first-order valence-corrected chi connectivity index (χ1v) is 6.49. The van der Waals surface area contributed by atoms with E-state index < -0.39 is 5.60 Å². The zero-order chi connectivity index (χ0) is 13.5. The summed E-state index contributed by atoms with van der Waals surface area (Å²) < 4.78 is 2.15. The van der Waals surface area contributed by atoms with Gasteiger partial charge in [-0.15, -0.1) is 5.10 Å². The highest BCUT2D eigenvalue weighted by Crippen LogP contribution is 2.34. The van der Waals surface area contributed by atoms with E-state index in [-0.39, 0.29) is 0 Å². The Morgan fingerprint density at radius 3 is 2.56 bits per heavy atom. The van der Waals surface area contributed by atoms with Crippen molar-refractivity contribution in [2.75, 3.05) is 0 Å². The second kappa shape index (κ2) is 4.48. The predicted molar refractivity (Wildman–Crippen MR) is 73.3 cm³/mol. The molecule has 0 amide bonds. The summed E-state index contributed by atoms with van der Waals surface area (Å²) in [6, 6.07) is 6.04. The van der Waals surface area contributed by atoms with Crippen molar-refractivity contribution in [2.24, 2.45) is 7.05 Å². The van der Waals surface area contributed by atoms with E-state index in [2.05, 4.69) is 26.2 Å². The van der Waals surface area contributed by atoms with Crippen LogP contribution in [0.1, 0.15) is 29.3 Å². The van der Waals surface area contributed by atoms with Gasteiger partial charge in [0.2, 0.25) is 0 Å². The van der Waals surface area contributed by atoms with Crippen LogP contribution in [-0.2, 0) is 12.6 Å². The zero-order valence-corrected chi connectivity index (χ0v) is 12.5. The number of hydrogen-bond donors (Lipinski definition) is 1. The van der Waals surface area contributed by atoms with Gasteiger partial charge in [0.1, 0.15) is 11.3 Å². The van der Waals surface area contributed by atoms with Crippen molar-refractivity contribution in [1.82, 2.24) is 15.0 Å². The fourth-order valence-electron chi connectivity index (χ4n) is 2.24. The zero-order valence-electron chi connectivity index (χ0n) is 10.9. The molecule has 96 valence electrons. The van der Waals surface area contributed by atoms with Crippen molar-refractivity contribution < 1.29 is 5.11 Å². The molecule has 2 rings (SSSR count). The van der Waals surface area contributed by atoms with Gasteiger partial charge in [0, 0.05) is 7.05 Å². The summed E-state index contributed by atoms with van der Waals surface area (Å²) in [4.78, 5) is 0. The third-order valence-corrected chi connectivity index (χ3v) is 3.70. The Morgan fingerprint density at radius 1 is 1.33 bits per heavy atom. The number of benzene rings is 1. The summed E-state index contributed by atoms with van der Waals surface area (Å²) in [7, 11) is 1.77. The summed E-state index contributed by atoms with van der Waals surface area (Å²) in [5.74, 6) is 0. The quantitative estimate of drug-likeness (QED) is 0.927. The lowest BCUT2D eigenvalue weighted by Crippen LogP contribution is -2.27. The molecule has 0 radical (unpaired) electrons. The number of aromatic nitrogens is 3. The lowest BCUT2D eigenvalue weighted by atomic mass is 9.88. The summed E-state index contributed by atoms with van der Waals surface area (Å²) in [5, 5.41) is 18.7. The number of hydrogen-bond acceptors (Lipinski definition) is 3. The molecule has 2 aromatic rings. The number of aryl methyl sites for hydroxylation is 3. The molecule has 1 aromatic heterocycles. The molecule has 4 nitrogen and oxygen atoms in total. The molecular weight excluding hydrogens is 294 g/mol. The Labute approximate surface area is 115 Å². The Hall–Kier alpha value is -1.20. The molecule has 5 heteroatoms. The molecule has 1 unspecified atom stereocenters. The number of rotatable bonds is 2. The Balaban J connectivity index is 2.64. The molecule has 0 saturated carbocycles. The third kappa shape index (κ3) is 2.08. The molecule has 18 heavy (non-hydrogen) atoms. The van der Waals surface area contributed by atoms with Crippen molar-refractivity contribution in [2.45, 2.75) is 26.4 Å². The van der Waals surface area contributed by atoms with E-state index >= 15 is 0 Å². The van der Waals surface area contributed by atoms with E-state index in [1.54, 1.807) is 18.7 Å². The van der Waals surface area contributed by atoms with E-state index in [1.165, 1.54) is 0 Å². The van der Waals surface area contributed by atoms with Crippen LogP contribution in [0.2, 0.25) is 0 Å². The minimum absolute atomic E-state index is 0.566. The molecule has 0 aliphatic rings. The maximum absolute atomic E-state index is 10.9. The predicted octanol–water partition coefficient (Wildman–Crippen LogP) is 2.45. The molecule has 1 atom stereocenters. The third-order valence-electron chi connectivity index (χ3n) is 3.16. The maximum Gasteiger partial charge on any atom is 0.154 e. The fourth-order valence-corrected chi connectivity index (χ4v) is 2.95. The van der Waals surface area contributed by atoms with Crippen molar-refractivity contribution in [1.29, 1.82) is 0 Å². The molecule has 0 aliphatic heterocycles. The van der Waals surface area contributed by atoms with Gasteiger partial charge in [-0.1, -0.05) is 29.0 Å². The summed E-state index contributed by atoms with van der Waals surface area (Å²) >= 11 is 3.34. The van der Waals surface area contributed by atoms with Crippen LogP contribution < -0.4 is 0 Å². The number of aliphatic hydroxyl groups is 1. The largest absolute Gasteiger partial charge is 0.379 e. The normalized spacial score (nSPS) is 14.6. The molecule has 1 heterocycles. The first-order valence-electron chi connectivity index (χ1n) is 5.70. The monoisotopic (exact) mass is 309 g/mol. The van der Waals surface area contributed by atoms with Gasteiger partial charge in [-0.25, -0.2) is 4.68 Å². The summed E-state index contributed by atoms with van der Waals surface area (Å²) in [6.07, 6.45) is 0. The average molecular weight is 310 g/mol. The Bertz CT molecular complexity index is 570. The molecule has 0 saturated heterocycles. The van der Waals surface area contributed by atoms with Gasteiger partial charge in [-0.2, -0.15) is 0 Å². The minimum Gasteiger partial charge on any atom is -0.379 e. The average Bonchev–Trinajstić information content (AvgIpc) is 2.62. The van der Waals surface area contributed by atoms with Crippen LogP contribution in [0.4, 0.5) is 0 Å². The van der Waals surface area contributed by atoms with Gasteiger partial charge in [0.25, 0.3) is 0 Å². The van der Waals surface area contributed by atoms with Crippen molar-refractivity contribution in [3.05, 3.63) is 45.2 Å². The SMILES string of the molecule is Cc1ccc(C)c(C(C)(O)c2c(Br)nnn2C)c1. The van der Waals surface area contributed by atoms with Gasteiger partial charge in [-0.3, -0.25) is 0 Å². The van der Waals surface area contributed by atoms with Crippen molar-refractivity contribution in [3.63, 3.8) is 0 Å². The molecular formula is C13H16BrN3O. The van der Waals surface area contributed by atoms with Gasteiger partial charge >= 0.3 is 0 Å². The number of nitrogens with zero attached hydrogens (tertiary/aromatic N) is 3. The van der Waals surface area contributed by atoms with Crippen LogP contribution in [0.5, 0.6) is 0 Å². The van der Waals surface area contributed by atoms with Crippen molar-refractivity contribution in [3.8, 4) is 0 Å². The molecule has 0 spiro atoms. The smallest absolute Gasteiger partial charge is 0.154 e. The lowest BCUT2D eigenvalue weighted by Gasteiger charge is -2.26. The van der Waals surface area contributed by atoms with E-state index in [0.717, 1.165) is 16.7 Å². The first kappa shape index (κ1) is 13.2. The highest BCUT2D eigenvalue weighted by molar-refractivity contribution is 9.10. The van der Waals surface area contributed by atoms with Gasteiger partial charge in [0.05, 0.1) is 0 Å². The second-order valence-electron chi connectivity index (χ2n) is 4.74. The van der Waals surface area contributed by atoms with Crippen LogP contribution in [0.15, 0.2) is 22.8 Å². The Morgan fingerprint density at radius 2 is 2.00 bits per heavy atom. The minimum atomic E-state index is -1.13. The molecule has 1 aromatic carbocycles. The van der Waals surface area contributed by atoms with E-state index in [1.807, 2.05) is 32.0 Å². The van der Waals surface area contributed by atoms with E-state index in [0.29, 0.717) is 10.3 Å². The van der Waals surface area contributed by atoms with Gasteiger partial charge in [-0.05, 0) is 47.8 Å². The maximum atomic E-state index is 10.9. The second-order valence-corrected chi connectivity index (χ2v) is 5.49. The Kier molecular flexibility index (Phi) is 3.29. The fraction of sp³-hybridized carbons (Fsp3) is 0.385. The van der Waals surface area contributed by atoms with Gasteiger partial charge < -0.3 is 5.11 Å². The van der Waals surface area contributed by atoms with Crippen LogP contribution >= 0.6 is 15.9 Å². The van der Waals surface area contributed by atoms with Crippen molar-refractivity contribution >= 4 is 15.9 Å². The topological polar surface area (TPSA) is 50.9 Å².